The summed E-state index contributed by atoms with van der Waals surface area (Å²) in [6, 6.07) is 6.03. The lowest BCUT2D eigenvalue weighted by molar-refractivity contribution is -0.111. The molecule has 0 spiro atoms. The van der Waals surface area contributed by atoms with Crippen LogP contribution in [0.1, 0.15) is 11.3 Å². The van der Waals surface area contributed by atoms with Crippen LogP contribution in [-0.2, 0) is 4.79 Å². The number of aryl methyl sites for hydroxylation is 1. The minimum absolute atomic E-state index is 0.284. The molecule has 1 aromatic carbocycles. The van der Waals surface area contributed by atoms with Gasteiger partial charge in [0.15, 0.2) is 5.13 Å². The molecule has 18 heavy (non-hydrogen) atoms. The summed E-state index contributed by atoms with van der Waals surface area (Å²) >= 11 is 1.37. The Morgan fingerprint density at radius 1 is 1.50 bits per heavy atom. The summed E-state index contributed by atoms with van der Waals surface area (Å²) in [4.78, 5) is 15.7. The minimum Gasteiger partial charge on any atom is -0.298 e. The molecule has 1 amide bonds. The van der Waals surface area contributed by atoms with Gasteiger partial charge in [-0.3, -0.25) is 10.1 Å². The first-order chi connectivity index (χ1) is 8.63. The van der Waals surface area contributed by atoms with Gasteiger partial charge >= 0.3 is 0 Å². The fourth-order valence-electron chi connectivity index (χ4n) is 1.34. The average Bonchev–Trinajstić information content (AvgIpc) is 2.72. The van der Waals surface area contributed by atoms with Crippen LogP contribution in [0.3, 0.4) is 0 Å². The number of rotatable bonds is 3. The smallest absolute Gasteiger partial charge is 0.250 e. The molecule has 0 aliphatic rings. The molecule has 2 rings (SSSR count). The summed E-state index contributed by atoms with van der Waals surface area (Å²) in [5, 5.41) is 5.05. The Kier molecular flexibility index (Phi) is 3.84. The third kappa shape index (κ3) is 3.49. The molecule has 0 aliphatic carbocycles. The number of amides is 1. The van der Waals surface area contributed by atoms with Crippen molar-refractivity contribution in [1.29, 1.82) is 0 Å². The monoisotopic (exact) mass is 262 g/mol. The predicted molar refractivity (Wildman–Crippen MR) is 70.9 cm³/mol. The molecule has 0 radical (unpaired) electrons. The van der Waals surface area contributed by atoms with Gasteiger partial charge in [0.1, 0.15) is 5.82 Å². The van der Waals surface area contributed by atoms with E-state index in [1.165, 1.54) is 29.5 Å². The molecule has 92 valence electrons. The molecule has 0 saturated heterocycles. The largest absolute Gasteiger partial charge is 0.298 e. The number of anilines is 1. The standard InChI is InChI=1S/C13H11FN2OS/c1-9-8-18-13(15-9)16-12(17)6-5-10-3-2-4-11(14)7-10/h2-8H,1H3,(H,15,16,17). The predicted octanol–water partition coefficient (Wildman–Crippen LogP) is 3.24. The van der Waals surface area contributed by atoms with Gasteiger partial charge < -0.3 is 0 Å². The molecule has 0 aliphatic heterocycles. The number of hydrogen-bond donors (Lipinski definition) is 1. The maximum Gasteiger partial charge on any atom is 0.250 e. The van der Waals surface area contributed by atoms with E-state index in [-0.39, 0.29) is 11.7 Å². The first-order valence-corrected chi connectivity index (χ1v) is 6.18. The number of thiazole rings is 1. The van der Waals surface area contributed by atoms with Gasteiger partial charge in [-0.05, 0) is 30.7 Å². The van der Waals surface area contributed by atoms with Crippen molar-refractivity contribution in [2.24, 2.45) is 0 Å². The van der Waals surface area contributed by atoms with Crippen LogP contribution in [0, 0.1) is 12.7 Å². The molecule has 3 nitrogen and oxygen atoms in total. The van der Waals surface area contributed by atoms with Crippen LogP contribution in [0.25, 0.3) is 6.08 Å². The Labute approximate surface area is 108 Å². The van der Waals surface area contributed by atoms with Crippen LogP contribution in [0.4, 0.5) is 9.52 Å². The average molecular weight is 262 g/mol. The van der Waals surface area contributed by atoms with Crippen molar-refractivity contribution in [3.8, 4) is 0 Å². The highest BCUT2D eigenvalue weighted by atomic mass is 32.1. The summed E-state index contributed by atoms with van der Waals surface area (Å²) in [6.45, 7) is 1.86. The van der Waals surface area contributed by atoms with E-state index in [9.17, 15) is 9.18 Å². The molecule has 0 atom stereocenters. The summed E-state index contributed by atoms with van der Waals surface area (Å²) in [7, 11) is 0. The molecule has 1 N–H and O–H groups in total. The highest BCUT2D eigenvalue weighted by Gasteiger charge is 2.01. The zero-order valence-electron chi connectivity index (χ0n) is 9.68. The van der Waals surface area contributed by atoms with Crippen molar-refractivity contribution >= 4 is 28.5 Å². The summed E-state index contributed by atoms with van der Waals surface area (Å²) in [5.74, 6) is -0.610. The molecule has 5 heteroatoms. The van der Waals surface area contributed by atoms with E-state index in [0.29, 0.717) is 10.7 Å². The van der Waals surface area contributed by atoms with Crippen LogP contribution in [0.2, 0.25) is 0 Å². The van der Waals surface area contributed by atoms with Gasteiger partial charge in [0, 0.05) is 11.5 Å². The number of hydrogen-bond acceptors (Lipinski definition) is 3. The lowest BCUT2D eigenvalue weighted by Crippen LogP contribution is -2.07. The zero-order valence-corrected chi connectivity index (χ0v) is 10.5. The van der Waals surface area contributed by atoms with Crippen LogP contribution >= 0.6 is 11.3 Å². The van der Waals surface area contributed by atoms with E-state index in [2.05, 4.69) is 10.3 Å². The Balaban J connectivity index is 1.99. The van der Waals surface area contributed by atoms with Crippen molar-refractivity contribution in [1.82, 2.24) is 4.98 Å². The Bertz CT molecular complexity index is 592. The van der Waals surface area contributed by atoms with Gasteiger partial charge in [-0.15, -0.1) is 11.3 Å². The molecular formula is C13H11FN2OS. The minimum atomic E-state index is -0.326. The highest BCUT2D eigenvalue weighted by Crippen LogP contribution is 2.14. The molecule has 0 bridgehead atoms. The van der Waals surface area contributed by atoms with Crippen molar-refractivity contribution < 1.29 is 9.18 Å². The molecule has 0 unspecified atom stereocenters. The van der Waals surface area contributed by atoms with Crippen LogP contribution in [0.5, 0.6) is 0 Å². The van der Waals surface area contributed by atoms with Gasteiger partial charge in [0.25, 0.3) is 0 Å². The van der Waals surface area contributed by atoms with Gasteiger partial charge in [-0.25, -0.2) is 9.37 Å². The van der Waals surface area contributed by atoms with Crippen molar-refractivity contribution in [3.63, 3.8) is 0 Å². The number of carbonyl (C=O) groups is 1. The first kappa shape index (κ1) is 12.4. The van der Waals surface area contributed by atoms with Gasteiger partial charge in [0.2, 0.25) is 5.91 Å². The van der Waals surface area contributed by atoms with Crippen molar-refractivity contribution in [3.05, 3.63) is 52.8 Å². The SMILES string of the molecule is Cc1csc(NC(=O)C=Cc2cccc(F)c2)n1. The number of halogens is 1. The molecule has 1 heterocycles. The van der Waals surface area contributed by atoms with E-state index in [0.717, 1.165) is 5.69 Å². The zero-order chi connectivity index (χ0) is 13.0. The number of aromatic nitrogens is 1. The number of benzene rings is 1. The number of nitrogens with one attached hydrogen (secondary N) is 1. The highest BCUT2D eigenvalue weighted by molar-refractivity contribution is 7.13. The normalized spacial score (nSPS) is 10.8. The fourth-order valence-corrected chi connectivity index (χ4v) is 2.03. The number of nitrogens with zero attached hydrogens (tertiary/aromatic N) is 1. The topological polar surface area (TPSA) is 42.0 Å². The molecular weight excluding hydrogens is 251 g/mol. The van der Waals surface area contributed by atoms with Crippen LogP contribution in [0.15, 0.2) is 35.7 Å². The first-order valence-electron chi connectivity index (χ1n) is 5.30. The van der Waals surface area contributed by atoms with Crippen molar-refractivity contribution in [2.45, 2.75) is 6.92 Å². The van der Waals surface area contributed by atoms with E-state index in [4.69, 9.17) is 0 Å². The van der Waals surface area contributed by atoms with Crippen molar-refractivity contribution in [2.75, 3.05) is 5.32 Å². The van der Waals surface area contributed by atoms with E-state index < -0.39 is 0 Å². The Morgan fingerprint density at radius 3 is 3.00 bits per heavy atom. The quantitative estimate of drug-likeness (QED) is 0.863. The maximum atomic E-state index is 12.9. The molecule has 0 fully saturated rings. The lowest BCUT2D eigenvalue weighted by atomic mass is 10.2. The third-order valence-electron chi connectivity index (χ3n) is 2.12. The number of carbonyl (C=O) groups excluding carboxylic acids is 1. The third-order valence-corrected chi connectivity index (χ3v) is 3.00. The van der Waals surface area contributed by atoms with E-state index in [1.807, 2.05) is 12.3 Å². The Morgan fingerprint density at radius 2 is 2.33 bits per heavy atom. The lowest BCUT2D eigenvalue weighted by Gasteiger charge is -1.96. The second kappa shape index (κ2) is 5.55. The summed E-state index contributed by atoms with van der Waals surface area (Å²) < 4.78 is 12.9. The molecule has 2 aromatic rings. The summed E-state index contributed by atoms with van der Waals surface area (Å²) in [6.07, 6.45) is 2.91. The maximum absolute atomic E-state index is 12.9. The second-order valence-corrected chi connectivity index (χ2v) is 4.53. The van der Waals surface area contributed by atoms with E-state index in [1.54, 1.807) is 18.2 Å². The second-order valence-electron chi connectivity index (χ2n) is 3.67. The summed E-state index contributed by atoms with van der Waals surface area (Å²) in [5.41, 5.74) is 1.50. The van der Waals surface area contributed by atoms with Crippen LogP contribution < -0.4 is 5.32 Å². The Hall–Kier alpha value is -2.01. The fraction of sp³-hybridized carbons (Fsp3) is 0.0769. The van der Waals surface area contributed by atoms with Gasteiger partial charge in [-0.2, -0.15) is 0 Å². The van der Waals surface area contributed by atoms with Gasteiger partial charge in [0.05, 0.1) is 5.69 Å². The molecule has 0 saturated carbocycles. The van der Waals surface area contributed by atoms with Crippen LogP contribution in [-0.4, -0.2) is 10.9 Å². The van der Waals surface area contributed by atoms with Gasteiger partial charge in [-0.1, -0.05) is 12.1 Å². The molecule has 1 aromatic heterocycles. The van der Waals surface area contributed by atoms with E-state index >= 15 is 0 Å².